The summed E-state index contributed by atoms with van der Waals surface area (Å²) in [6.45, 7) is 6.46. The van der Waals surface area contributed by atoms with Crippen molar-refractivity contribution in [2.45, 2.75) is 20.8 Å². The van der Waals surface area contributed by atoms with Gasteiger partial charge in [-0.15, -0.1) is 0 Å². The molecule has 3 nitrogen and oxygen atoms in total. The molecule has 0 saturated heterocycles. The number of aromatic nitrogens is 2. The number of hydrogen-bond donors (Lipinski definition) is 0. The van der Waals surface area contributed by atoms with Crippen molar-refractivity contribution >= 4 is 49.3 Å². The summed E-state index contributed by atoms with van der Waals surface area (Å²) < 4.78 is 9.01. The minimum atomic E-state index is 0.941. The summed E-state index contributed by atoms with van der Waals surface area (Å²) in [5.74, 6) is 0. The fourth-order valence-corrected chi connectivity index (χ4v) is 8.09. The Kier molecular flexibility index (Phi) is 6.53. The van der Waals surface area contributed by atoms with Crippen LogP contribution >= 0.6 is 0 Å². The molecule has 10 rings (SSSR count). The van der Waals surface area contributed by atoms with Gasteiger partial charge in [-0.05, 0) is 95.9 Å². The maximum atomic E-state index is 6.64. The van der Waals surface area contributed by atoms with Crippen LogP contribution in [-0.4, -0.2) is 9.38 Å². The summed E-state index contributed by atoms with van der Waals surface area (Å²) in [5.41, 5.74) is 16.5. The van der Waals surface area contributed by atoms with Crippen molar-refractivity contribution in [3.63, 3.8) is 0 Å². The van der Waals surface area contributed by atoms with Gasteiger partial charge in [0.05, 0.1) is 16.9 Å². The third kappa shape index (κ3) is 4.62. The van der Waals surface area contributed by atoms with Gasteiger partial charge in [-0.2, -0.15) is 0 Å². The predicted octanol–water partition coefficient (Wildman–Crippen LogP) is 13.1. The summed E-state index contributed by atoms with van der Waals surface area (Å²) in [6.07, 6.45) is 0. The summed E-state index contributed by atoms with van der Waals surface area (Å²) >= 11 is 0. The normalized spacial score (nSPS) is 11.8. The first-order valence-corrected chi connectivity index (χ1v) is 17.5. The summed E-state index contributed by atoms with van der Waals surface area (Å²) in [4.78, 5) is 5.38. The largest absolute Gasteiger partial charge is 0.455 e. The standard InChI is InChI=1S/C48H34N2O/c1-29-23-31(3)46-41(25-29)42-26-30(2)24-39(47(42)51-46)36-18-12-17-34(27-36)35-21-22-43-40(28-35)37-19-10-11-20-38(37)48-49-44(32-13-6-4-7-14-32)45(50(43)48)33-15-8-5-9-16-33/h4-28H,1-3H3. The molecule has 242 valence electrons. The molecule has 0 radical (unpaired) electrons. The Labute approximate surface area is 296 Å². The van der Waals surface area contributed by atoms with Gasteiger partial charge in [-0.3, -0.25) is 4.40 Å². The van der Waals surface area contributed by atoms with Crippen molar-refractivity contribution in [2.75, 3.05) is 0 Å². The van der Waals surface area contributed by atoms with E-state index in [4.69, 9.17) is 9.40 Å². The molecule has 3 aromatic heterocycles. The monoisotopic (exact) mass is 654 g/mol. The zero-order valence-electron chi connectivity index (χ0n) is 28.7. The van der Waals surface area contributed by atoms with E-state index in [1.807, 2.05) is 0 Å². The van der Waals surface area contributed by atoms with Crippen LogP contribution in [0.1, 0.15) is 16.7 Å². The van der Waals surface area contributed by atoms with Gasteiger partial charge in [0.15, 0.2) is 0 Å². The van der Waals surface area contributed by atoms with Gasteiger partial charge >= 0.3 is 0 Å². The molecule has 0 unspecified atom stereocenters. The van der Waals surface area contributed by atoms with Crippen molar-refractivity contribution in [3.8, 4) is 44.8 Å². The van der Waals surface area contributed by atoms with Gasteiger partial charge in [0.1, 0.15) is 16.8 Å². The highest BCUT2D eigenvalue weighted by atomic mass is 16.3. The van der Waals surface area contributed by atoms with Crippen LogP contribution < -0.4 is 0 Å². The van der Waals surface area contributed by atoms with Gasteiger partial charge in [0.2, 0.25) is 0 Å². The van der Waals surface area contributed by atoms with Crippen LogP contribution in [0.25, 0.3) is 94.0 Å². The zero-order valence-corrected chi connectivity index (χ0v) is 28.7. The predicted molar refractivity (Wildman–Crippen MR) is 213 cm³/mol. The number of nitrogens with zero attached hydrogens (tertiary/aromatic N) is 2. The number of pyridine rings is 1. The van der Waals surface area contributed by atoms with Gasteiger partial charge in [0, 0.05) is 38.2 Å². The van der Waals surface area contributed by atoms with Gasteiger partial charge in [0.25, 0.3) is 0 Å². The average Bonchev–Trinajstić information content (AvgIpc) is 3.75. The van der Waals surface area contributed by atoms with E-state index in [1.165, 1.54) is 43.8 Å². The molecule has 0 spiro atoms. The Balaban J connectivity index is 1.21. The number of aryl methyl sites for hydroxylation is 3. The van der Waals surface area contributed by atoms with E-state index in [0.29, 0.717) is 0 Å². The highest BCUT2D eigenvalue weighted by Gasteiger charge is 2.21. The molecule has 7 aromatic carbocycles. The Morgan fingerprint density at radius 1 is 0.451 bits per heavy atom. The molecular weight excluding hydrogens is 621 g/mol. The van der Waals surface area contributed by atoms with Crippen LogP contribution in [-0.2, 0) is 0 Å². The van der Waals surface area contributed by atoms with Crippen LogP contribution in [0.15, 0.2) is 156 Å². The van der Waals surface area contributed by atoms with E-state index >= 15 is 0 Å². The molecule has 0 aliphatic carbocycles. The fourth-order valence-electron chi connectivity index (χ4n) is 8.09. The number of furan rings is 1. The van der Waals surface area contributed by atoms with Crippen LogP contribution in [0.3, 0.4) is 0 Å². The maximum absolute atomic E-state index is 6.64. The molecule has 0 amide bonds. The molecule has 0 aliphatic heterocycles. The van der Waals surface area contributed by atoms with E-state index in [9.17, 15) is 0 Å². The zero-order chi connectivity index (χ0) is 34.2. The molecule has 0 fully saturated rings. The lowest BCUT2D eigenvalue weighted by Gasteiger charge is -2.14. The molecule has 0 aliphatic rings. The maximum Gasteiger partial charge on any atom is 0.146 e. The summed E-state index contributed by atoms with van der Waals surface area (Å²) in [7, 11) is 0. The molecule has 10 aromatic rings. The summed E-state index contributed by atoms with van der Waals surface area (Å²) in [5, 5.41) is 5.86. The number of benzene rings is 7. The summed E-state index contributed by atoms with van der Waals surface area (Å²) in [6, 6.07) is 54.6. The molecule has 3 heterocycles. The Bertz CT molecular complexity index is 2990. The minimum absolute atomic E-state index is 0.941. The Hall–Kier alpha value is -6.45. The van der Waals surface area contributed by atoms with E-state index in [2.05, 4.69) is 177 Å². The number of imidazole rings is 1. The van der Waals surface area contributed by atoms with E-state index < -0.39 is 0 Å². The first kappa shape index (κ1) is 29.5. The molecule has 0 atom stereocenters. The molecule has 0 bridgehead atoms. The molecule has 0 N–H and O–H groups in total. The van der Waals surface area contributed by atoms with Gasteiger partial charge in [-0.25, -0.2) is 4.98 Å². The Morgan fingerprint density at radius 2 is 1.08 bits per heavy atom. The van der Waals surface area contributed by atoms with Crippen molar-refractivity contribution in [3.05, 3.63) is 168 Å². The third-order valence-corrected chi connectivity index (χ3v) is 10.3. The topological polar surface area (TPSA) is 30.4 Å². The van der Waals surface area contributed by atoms with Gasteiger partial charge in [-0.1, -0.05) is 115 Å². The minimum Gasteiger partial charge on any atom is -0.455 e. The second kappa shape index (κ2) is 11.3. The smallest absolute Gasteiger partial charge is 0.146 e. The van der Waals surface area contributed by atoms with E-state index in [0.717, 1.165) is 66.9 Å². The van der Waals surface area contributed by atoms with Crippen molar-refractivity contribution in [2.24, 2.45) is 0 Å². The van der Waals surface area contributed by atoms with Crippen LogP contribution in [0.5, 0.6) is 0 Å². The van der Waals surface area contributed by atoms with Gasteiger partial charge < -0.3 is 4.42 Å². The van der Waals surface area contributed by atoms with Crippen molar-refractivity contribution in [1.29, 1.82) is 0 Å². The molecular formula is C48H34N2O. The van der Waals surface area contributed by atoms with Crippen molar-refractivity contribution in [1.82, 2.24) is 9.38 Å². The molecule has 51 heavy (non-hydrogen) atoms. The SMILES string of the molecule is Cc1cc(C)c2oc3c(-c4cccc(-c5ccc6c(c5)c5ccccc5c5nc(-c7ccccc7)c(-c7ccccc7)n65)c4)cc(C)cc3c2c1. The second-order valence-corrected chi connectivity index (χ2v) is 13.8. The van der Waals surface area contributed by atoms with E-state index in [-0.39, 0.29) is 0 Å². The first-order chi connectivity index (χ1) is 25.0. The number of rotatable bonds is 4. The number of fused-ring (bicyclic) bond motifs is 9. The lowest BCUT2D eigenvalue weighted by Crippen LogP contribution is -1.95. The third-order valence-electron chi connectivity index (χ3n) is 10.3. The number of hydrogen-bond acceptors (Lipinski definition) is 2. The fraction of sp³-hybridized carbons (Fsp3) is 0.0625. The highest BCUT2D eigenvalue weighted by molar-refractivity contribution is 6.14. The molecule has 3 heteroatoms. The van der Waals surface area contributed by atoms with Crippen LogP contribution in [0.2, 0.25) is 0 Å². The average molecular weight is 655 g/mol. The highest BCUT2D eigenvalue weighted by Crippen LogP contribution is 2.42. The lowest BCUT2D eigenvalue weighted by molar-refractivity contribution is 0.666. The second-order valence-electron chi connectivity index (χ2n) is 13.8. The van der Waals surface area contributed by atoms with Crippen LogP contribution in [0, 0.1) is 20.8 Å². The Morgan fingerprint density at radius 3 is 1.86 bits per heavy atom. The molecule has 0 saturated carbocycles. The van der Waals surface area contributed by atoms with E-state index in [1.54, 1.807) is 0 Å². The lowest BCUT2D eigenvalue weighted by atomic mass is 9.95. The van der Waals surface area contributed by atoms with Crippen LogP contribution in [0.4, 0.5) is 0 Å². The quantitative estimate of drug-likeness (QED) is 0.177. The first-order valence-electron chi connectivity index (χ1n) is 17.5. The van der Waals surface area contributed by atoms with Crippen molar-refractivity contribution < 1.29 is 4.42 Å².